The topological polar surface area (TPSA) is 59.4 Å². The molecular formula is C23H24N4O2. The Balaban J connectivity index is 1.29. The molecule has 6 nitrogen and oxygen atoms in total. The molecule has 1 aromatic heterocycles. The van der Waals surface area contributed by atoms with Crippen LogP contribution in [0.5, 0.6) is 5.75 Å². The standard InChI is InChI=1S/C23H24N4O2/c1-26-14-22-25-19(12-27(22)13-20(26)16-7-3-2-4-8-16)23(28)24-18-11-17-9-5-6-10-21(17)29-15-18/h2-10,12,18,20H,11,13-15H2,1H3,(H,24,28)/t18-,20?/m1/s1. The zero-order chi connectivity index (χ0) is 19.8. The summed E-state index contributed by atoms with van der Waals surface area (Å²) >= 11 is 0. The summed E-state index contributed by atoms with van der Waals surface area (Å²) in [7, 11) is 2.10. The van der Waals surface area contributed by atoms with Crippen LogP contribution in [0.3, 0.4) is 0 Å². The highest BCUT2D eigenvalue weighted by Gasteiger charge is 2.28. The lowest BCUT2D eigenvalue weighted by Gasteiger charge is -2.33. The van der Waals surface area contributed by atoms with Crippen molar-refractivity contribution in [1.82, 2.24) is 19.8 Å². The number of amides is 1. The summed E-state index contributed by atoms with van der Waals surface area (Å²) < 4.78 is 7.89. The van der Waals surface area contributed by atoms with E-state index in [0.29, 0.717) is 18.8 Å². The van der Waals surface area contributed by atoms with E-state index >= 15 is 0 Å². The predicted octanol–water partition coefficient (Wildman–Crippen LogP) is 2.80. The Morgan fingerprint density at radius 2 is 1.93 bits per heavy atom. The number of nitrogens with zero attached hydrogens (tertiary/aromatic N) is 3. The largest absolute Gasteiger partial charge is 0.491 e. The van der Waals surface area contributed by atoms with Crippen molar-refractivity contribution < 1.29 is 9.53 Å². The molecule has 0 saturated heterocycles. The van der Waals surface area contributed by atoms with Gasteiger partial charge < -0.3 is 14.6 Å². The maximum absolute atomic E-state index is 12.8. The molecule has 2 aliphatic heterocycles. The molecule has 2 aromatic carbocycles. The number of carbonyl (C=O) groups excluding carboxylic acids is 1. The first kappa shape index (κ1) is 17.9. The quantitative estimate of drug-likeness (QED) is 0.750. The SMILES string of the molecule is CN1Cc2nc(C(=O)N[C@H]3COc4ccccc4C3)cn2CC1c1ccccc1. The molecular weight excluding hydrogens is 364 g/mol. The molecule has 0 fully saturated rings. The minimum atomic E-state index is -0.140. The van der Waals surface area contributed by atoms with Gasteiger partial charge in [0, 0.05) is 12.7 Å². The van der Waals surface area contributed by atoms with E-state index in [-0.39, 0.29) is 18.0 Å². The van der Waals surface area contributed by atoms with Crippen molar-refractivity contribution in [2.24, 2.45) is 0 Å². The molecule has 148 valence electrons. The smallest absolute Gasteiger partial charge is 0.271 e. The van der Waals surface area contributed by atoms with Crippen LogP contribution < -0.4 is 10.1 Å². The number of ether oxygens (including phenoxy) is 1. The van der Waals surface area contributed by atoms with Crippen LogP contribution in [0.25, 0.3) is 0 Å². The third-order valence-corrected chi connectivity index (χ3v) is 5.78. The van der Waals surface area contributed by atoms with Gasteiger partial charge in [0.05, 0.1) is 18.6 Å². The number of imidazole rings is 1. The van der Waals surface area contributed by atoms with Crippen LogP contribution in [0.15, 0.2) is 60.8 Å². The summed E-state index contributed by atoms with van der Waals surface area (Å²) in [6.45, 7) is 1.98. The Labute approximate surface area is 170 Å². The molecule has 0 bridgehead atoms. The molecule has 6 heteroatoms. The van der Waals surface area contributed by atoms with Crippen LogP contribution in [-0.2, 0) is 19.5 Å². The van der Waals surface area contributed by atoms with Crippen molar-refractivity contribution in [1.29, 1.82) is 0 Å². The maximum atomic E-state index is 12.8. The van der Waals surface area contributed by atoms with E-state index in [1.165, 1.54) is 5.56 Å². The second-order valence-electron chi connectivity index (χ2n) is 7.83. The lowest BCUT2D eigenvalue weighted by Crippen LogP contribution is -2.42. The van der Waals surface area contributed by atoms with Crippen LogP contribution in [0, 0.1) is 0 Å². The fourth-order valence-electron chi connectivity index (χ4n) is 4.22. The van der Waals surface area contributed by atoms with Crippen molar-refractivity contribution in [3.8, 4) is 5.75 Å². The molecule has 0 aliphatic carbocycles. The number of aromatic nitrogens is 2. The molecule has 1 amide bonds. The first-order valence-electron chi connectivity index (χ1n) is 10.00. The van der Waals surface area contributed by atoms with Crippen LogP contribution >= 0.6 is 0 Å². The first-order chi connectivity index (χ1) is 14.2. The lowest BCUT2D eigenvalue weighted by atomic mass is 10.0. The molecule has 2 aliphatic rings. The normalized spacial score (nSPS) is 21.0. The van der Waals surface area contributed by atoms with Gasteiger partial charge in [0.1, 0.15) is 23.9 Å². The van der Waals surface area contributed by atoms with Gasteiger partial charge >= 0.3 is 0 Å². The van der Waals surface area contributed by atoms with Gasteiger partial charge in [-0.3, -0.25) is 9.69 Å². The molecule has 0 spiro atoms. The number of hydrogen-bond acceptors (Lipinski definition) is 4. The number of para-hydroxylation sites is 1. The van der Waals surface area contributed by atoms with Crippen LogP contribution in [0.1, 0.15) is 33.5 Å². The lowest BCUT2D eigenvalue weighted by molar-refractivity contribution is 0.0910. The zero-order valence-corrected chi connectivity index (χ0v) is 16.4. The highest BCUT2D eigenvalue weighted by Crippen LogP contribution is 2.28. The van der Waals surface area contributed by atoms with Gasteiger partial charge in [-0.2, -0.15) is 0 Å². The second-order valence-corrected chi connectivity index (χ2v) is 7.83. The molecule has 0 radical (unpaired) electrons. The van der Waals surface area contributed by atoms with Gasteiger partial charge in [0.2, 0.25) is 0 Å². The average Bonchev–Trinajstić information content (AvgIpc) is 3.17. The third-order valence-electron chi connectivity index (χ3n) is 5.78. The number of carbonyl (C=O) groups is 1. The van der Waals surface area contributed by atoms with Gasteiger partial charge in [0.15, 0.2) is 0 Å². The van der Waals surface area contributed by atoms with E-state index in [1.807, 2.05) is 36.5 Å². The number of fused-ring (bicyclic) bond motifs is 2. The van der Waals surface area contributed by atoms with Crippen LogP contribution in [0.4, 0.5) is 0 Å². The number of rotatable bonds is 3. The Hall–Kier alpha value is -3.12. The highest BCUT2D eigenvalue weighted by atomic mass is 16.5. The summed E-state index contributed by atoms with van der Waals surface area (Å²) in [6.07, 6.45) is 2.65. The summed E-state index contributed by atoms with van der Waals surface area (Å²) in [5.74, 6) is 1.69. The van der Waals surface area contributed by atoms with E-state index in [0.717, 1.165) is 30.1 Å². The van der Waals surface area contributed by atoms with Gasteiger partial charge in [-0.05, 0) is 30.7 Å². The minimum Gasteiger partial charge on any atom is -0.491 e. The van der Waals surface area contributed by atoms with Crippen molar-refractivity contribution in [2.45, 2.75) is 31.6 Å². The van der Waals surface area contributed by atoms with E-state index in [1.54, 1.807) is 0 Å². The molecule has 1 N–H and O–H groups in total. The summed E-state index contributed by atoms with van der Waals surface area (Å²) in [6, 6.07) is 18.7. The zero-order valence-electron chi connectivity index (χ0n) is 16.4. The average molecular weight is 388 g/mol. The van der Waals surface area contributed by atoms with Crippen molar-refractivity contribution in [2.75, 3.05) is 13.7 Å². The fourth-order valence-corrected chi connectivity index (χ4v) is 4.22. The molecule has 1 unspecified atom stereocenters. The highest BCUT2D eigenvalue weighted by molar-refractivity contribution is 5.92. The van der Waals surface area contributed by atoms with E-state index in [2.05, 4.69) is 51.1 Å². The number of nitrogens with one attached hydrogen (secondary N) is 1. The number of hydrogen-bond donors (Lipinski definition) is 1. The third kappa shape index (κ3) is 3.51. The Kier molecular flexibility index (Phi) is 4.56. The fraction of sp³-hybridized carbons (Fsp3) is 0.304. The number of likely N-dealkylation sites (N-methyl/N-ethyl adjacent to an activating group) is 1. The predicted molar refractivity (Wildman–Crippen MR) is 110 cm³/mol. The van der Waals surface area contributed by atoms with Gasteiger partial charge in [0.25, 0.3) is 5.91 Å². The summed E-state index contributed by atoms with van der Waals surface area (Å²) in [5.41, 5.74) is 2.87. The number of benzene rings is 2. The monoisotopic (exact) mass is 388 g/mol. The summed E-state index contributed by atoms with van der Waals surface area (Å²) in [4.78, 5) is 19.7. The summed E-state index contributed by atoms with van der Waals surface area (Å²) in [5, 5.41) is 3.09. The van der Waals surface area contributed by atoms with Crippen molar-refractivity contribution in [3.05, 3.63) is 83.4 Å². The van der Waals surface area contributed by atoms with Crippen molar-refractivity contribution in [3.63, 3.8) is 0 Å². The van der Waals surface area contributed by atoms with Gasteiger partial charge in [-0.15, -0.1) is 0 Å². The molecule has 5 rings (SSSR count). The second kappa shape index (κ2) is 7.37. The van der Waals surface area contributed by atoms with Gasteiger partial charge in [-0.1, -0.05) is 48.5 Å². The van der Waals surface area contributed by atoms with Crippen LogP contribution in [-0.4, -0.2) is 40.1 Å². The van der Waals surface area contributed by atoms with Gasteiger partial charge in [-0.25, -0.2) is 4.98 Å². The van der Waals surface area contributed by atoms with Crippen molar-refractivity contribution >= 4 is 5.91 Å². The first-order valence-corrected chi connectivity index (χ1v) is 10.00. The minimum absolute atomic E-state index is 0.0455. The maximum Gasteiger partial charge on any atom is 0.271 e. The van der Waals surface area contributed by atoms with E-state index in [9.17, 15) is 4.79 Å². The Morgan fingerprint density at radius 3 is 2.79 bits per heavy atom. The van der Waals surface area contributed by atoms with Crippen LogP contribution in [0.2, 0.25) is 0 Å². The molecule has 3 heterocycles. The Morgan fingerprint density at radius 1 is 1.14 bits per heavy atom. The molecule has 29 heavy (non-hydrogen) atoms. The molecule has 0 saturated carbocycles. The van der Waals surface area contributed by atoms with E-state index in [4.69, 9.17) is 4.74 Å². The molecule has 2 atom stereocenters. The molecule has 3 aromatic rings. The Bertz CT molecular complexity index is 1030. The van der Waals surface area contributed by atoms with E-state index < -0.39 is 0 Å².